The van der Waals surface area contributed by atoms with Crippen LogP contribution in [0.25, 0.3) is 0 Å². The predicted octanol–water partition coefficient (Wildman–Crippen LogP) is 4.30. The van der Waals surface area contributed by atoms with Crippen LogP contribution in [0, 0.1) is 6.92 Å². The van der Waals surface area contributed by atoms with Crippen LogP contribution >= 0.6 is 27.3 Å². The van der Waals surface area contributed by atoms with Gasteiger partial charge in [0.2, 0.25) is 0 Å². The molecule has 1 atom stereocenters. The molecule has 96 valence electrons. The molecule has 0 aromatic carbocycles. The van der Waals surface area contributed by atoms with Gasteiger partial charge in [0.1, 0.15) is 0 Å². The standard InChI is InChI=1S/C14H17BrN2S/c1-3-6-16-14(13-7-12(15)9-18-13)11-5-4-10(2)17-8-11/h4-5,7-9,14,16H,3,6H2,1-2H3. The topological polar surface area (TPSA) is 24.9 Å². The summed E-state index contributed by atoms with van der Waals surface area (Å²) in [4.78, 5) is 5.71. The predicted molar refractivity (Wildman–Crippen MR) is 81.1 cm³/mol. The van der Waals surface area contributed by atoms with Crippen molar-refractivity contribution in [1.82, 2.24) is 10.3 Å². The molecule has 0 saturated heterocycles. The number of nitrogens with zero attached hydrogens (tertiary/aromatic N) is 1. The molecule has 0 aliphatic heterocycles. The van der Waals surface area contributed by atoms with Gasteiger partial charge in [0.25, 0.3) is 0 Å². The van der Waals surface area contributed by atoms with Crippen molar-refractivity contribution < 1.29 is 0 Å². The fraction of sp³-hybridized carbons (Fsp3) is 0.357. The third kappa shape index (κ3) is 3.40. The Labute approximate surface area is 121 Å². The Morgan fingerprint density at radius 1 is 1.44 bits per heavy atom. The van der Waals surface area contributed by atoms with E-state index in [0.29, 0.717) is 0 Å². The summed E-state index contributed by atoms with van der Waals surface area (Å²) in [6.45, 7) is 5.20. The molecule has 1 unspecified atom stereocenters. The quantitative estimate of drug-likeness (QED) is 0.886. The Balaban J connectivity index is 2.27. The summed E-state index contributed by atoms with van der Waals surface area (Å²) in [5.74, 6) is 0. The molecule has 2 nitrogen and oxygen atoms in total. The molecule has 0 radical (unpaired) electrons. The summed E-state index contributed by atoms with van der Waals surface area (Å²) in [5, 5.41) is 5.71. The van der Waals surface area contributed by atoms with Gasteiger partial charge in [-0.1, -0.05) is 13.0 Å². The second-order valence-corrected chi connectivity index (χ2v) is 6.15. The van der Waals surface area contributed by atoms with Crippen molar-refractivity contribution in [3.8, 4) is 0 Å². The maximum atomic E-state index is 4.39. The van der Waals surface area contributed by atoms with Crippen molar-refractivity contribution in [3.05, 3.63) is 50.4 Å². The molecule has 0 aliphatic rings. The van der Waals surface area contributed by atoms with Crippen LogP contribution in [0.15, 0.2) is 34.2 Å². The van der Waals surface area contributed by atoms with Crippen molar-refractivity contribution in [2.24, 2.45) is 0 Å². The van der Waals surface area contributed by atoms with E-state index in [4.69, 9.17) is 0 Å². The Morgan fingerprint density at radius 3 is 2.83 bits per heavy atom. The number of halogens is 1. The molecule has 4 heteroatoms. The van der Waals surface area contributed by atoms with Gasteiger partial charge in [-0.15, -0.1) is 11.3 Å². The molecule has 0 aliphatic carbocycles. The second-order valence-electron chi connectivity index (χ2n) is 4.29. The minimum Gasteiger partial charge on any atom is -0.306 e. The van der Waals surface area contributed by atoms with E-state index >= 15 is 0 Å². The first-order valence-corrected chi connectivity index (χ1v) is 7.78. The van der Waals surface area contributed by atoms with Gasteiger partial charge >= 0.3 is 0 Å². The SMILES string of the molecule is CCCNC(c1ccc(C)nc1)c1cc(Br)cs1. The van der Waals surface area contributed by atoms with E-state index in [1.54, 1.807) is 11.3 Å². The van der Waals surface area contributed by atoms with Crippen molar-refractivity contribution in [3.63, 3.8) is 0 Å². The molecule has 2 rings (SSSR count). The van der Waals surface area contributed by atoms with E-state index < -0.39 is 0 Å². The van der Waals surface area contributed by atoms with Crippen molar-refractivity contribution in [2.75, 3.05) is 6.54 Å². The number of nitrogens with one attached hydrogen (secondary N) is 1. The first-order valence-electron chi connectivity index (χ1n) is 6.10. The summed E-state index contributed by atoms with van der Waals surface area (Å²) < 4.78 is 1.14. The maximum absolute atomic E-state index is 4.39. The van der Waals surface area contributed by atoms with Crippen molar-refractivity contribution >= 4 is 27.3 Å². The number of thiophene rings is 1. The minimum atomic E-state index is 0.245. The number of hydrogen-bond acceptors (Lipinski definition) is 3. The number of hydrogen-bond donors (Lipinski definition) is 1. The Morgan fingerprint density at radius 2 is 2.28 bits per heavy atom. The van der Waals surface area contributed by atoms with Crippen molar-refractivity contribution in [2.45, 2.75) is 26.3 Å². The van der Waals surface area contributed by atoms with Crippen LogP contribution in [0.3, 0.4) is 0 Å². The van der Waals surface area contributed by atoms with Crippen LogP contribution in [0.1, 0.15) is 35.5 Å². The van der Waals surface area contributed by atoms with Gasteiger partial charge in [0.15, 0.2) is 0 Å². The largest absolute Gasteiger partial charge is 0.306 e. The zero-order valence-corrected chi connectivity index (χ0v) is 13.0. The molecule has 2 heterocycles. The third-order valence-corrected chi connectivity index (χ3v) is 4.50. The van der Waals surface area contributed by atoms with Gasteiger partial charge in [-0.25, -0.2) is 0 Å². The highest BCUT2D eigenvalue weighted by Crippen LogP contribution is 2.29. The average molecular weight is 325 g/mol. The van der Waals surface area contributed by atoms with Crippen LogP contribution in [0.5, 0.6) is 0 Å². The molecule has 2 aromatic heterocycles. The fourth-order valence-electron chi connectivity index (χ4n) is 1.80. The van der Waals surface area contributed by atoms with Crippen LogP contribution in [-0.4, -0.2) is 11.5 Å². The van der Waals surface area contributed by atoms with E-state index in [9.17, 15) is 0 Å². The third-order valence-electron chi connectivity index (χ3n) is 2.74. The lowest BCUT2D eigenvalue weighted by atomic mass is 10.1. The van der Waals surface area contributed by atoms with E-state index in [2.05, 4.69) is 56.7 Å². The van der Waals surface area contributed by atoms with Gasteiger partial charge in [-0.05, 0) is 53.5 Å². The Hall–Kier alpha value is -0.710. The first-order chi connectivity index (χ1) is 8.70. The number of aryl methyl sites for hydroxylation is 1. The lowest BCUT2D eigenvalue weighted by molar-refractivity contribution is 0.604. The molecule has 0 fully saturated rings. The summed E-state index contributed by atoms with van der Waals surface area (Å²) in [7, 11) is 0. The summed E-state index contributed by atoms with van der Waals surface area (Å²) in [6, 6.07) is 6.65. The molecule has 0 saturated carbocycles. The lowest BCUT2D eigenvalue weighted by Gasteiger charge is -2.17. The second kappa shape index (κ2) is 6.45. The smallest absolute Gasteiger partial charge is 0.0686 e. The molecule has 0 spiro atoms. The molecular formula is C14H17BrN2S. The molecule has 0 amide bonds. The monoisotopic (exact) mass is 324 g/mol. The van der Waals surface area contributed by atoms with Crippen LogP contribution in [-0.2, 0) is 0 Å². The fourth-order valence-corrected chi connectivity index (χ4v) is 3.35. The van der Waals surface area contributed by atoms with Crippen molar-refractivity contribution in [1.29, 1.82) is 0 Å². The van der Waals surface area contributed by atoms with E-state index in [-0.39, 0.29) is 6.04 Å². The van der Waals surface area contributed by atoms with Gasteiger partial charge in [0, 0.05) is 26.6 Å². The van der Waals surface area contributed by atoms with Gasteiger partial charge in [0.05, 0.1) is 6.04 Å². The Kier molecular flexibility index (Phi) is 4.92. The first kappa shape index (κ1) is 13.7. The zero-order chi connectivity index (χ0) is 13.0. The molecular weight excluding hydrogens is 308 g/mol. The van der Waals surface area contributed by atoms with E-state index in [1.165, 1.54) is 10.4 Å². The summed E-state index contributed by atoms with van der Waals surface area (Å²) >= 11 is 5.29. The number of rotatable bonds is 5. The lowest BCUT2D eigenvalue weighted by Crippen LogP contribution is -2.22. The van der Waals surface area contributed by atoms with Crippen LogP contribution in [0.2, 0.25) is 0 Å². The highest BCUT2D eigenvalue weighted by Gasteiger charge is 2.15. The van der Waals surface area contributed by atoms with E-state index in [0.717, 1.165) is 23.1 Å². The summed E-state index contributed by atoms with van der Waals surface area (Å²) in [5.41, 5.74) is 2.28. The Bertz CT molecular complexity index is 493. The van der Waals surface area contributed by atoms with Crippen LogP contribution in [0.4, 0.5) is 0 Å². The van der Waals surface area contributed by atoms with Gasteiger partial charge in [-0.3, -0.25) is 4.98 Å². The number of pyridine rings is 1. The van der Waals surface area contributed by atoms with E-state index in [1.807, 2.05) is 13.1 Å². The average Bonchev–Trinajstić information content (AvgIpc) is 2.78. The molecule has 1 N–H and O–H groups in total. The molecule has 18 heavy (non-hydrogen) atoms. The normalized spacial score (nSPS) is 12.6. The highest BCUT2D eigenvalue weighted by molar-refractivity contribution is 9.10. The van der Waals surface area contributed by atoms with Gasteiger partial charge < -0.3 is 5.32 Å². The van der Waals surface area contributed by atoms with Crippen LogP contribution < -0.4 is 5.32 Å². The van der Waals surface area contributed by atoms with Gasteiger partial charge in [-0.2, -0.15) is 0 Å². The number of aromatic nitrogens is 1. The highest BCUT2D eigenvalue weighted by atomic mass is 79.9. The summed E-state index contributed by atoms with van der Waals surface area (Å²) in [6.07, 6.45) is 3.10. The maximum Gasteiger partial charge on any atom is 0.0686 e. The molecule has 0 bridgehead atoms. The molecule has 2 aromatic rings. The minimum absolute atomic E-state index is 0.245. The zero-order valence-electron chi connectivity index (χ0n) is 10.6.